The monoisotopic (exact) mass is 331 g/mol. The molecule has 0 aliphatic heterocycles. The van der Waals surface area contributed by atoms with Gasteiger partial charge in [0.25, 0.3) is 0 Å². The Morgan fingerprint density at radius 2 is 1.60 bits per heavy atom. The third-order valence-corrected chi connectivity index (χ3v) is 4.09. The highest BCUT2D eigenvalue weighted by Crippen LogP contribution is 2.26. The maximum absolute atomic E-state index is 13.2. The molecular formula is C15H13Cl3FN. The second-order valence-electron chi connectivity index (χ2n) is 4.60. The molecule has 0 saturated heterocycles. The molecule has 2 aromatic carbocycles. The molecule has 0 amide bonds. The zero-order valence-electron chi connectivity index (χ0n) is 10.5. The largest absolute Gasteiger partial charge is 0.327 e. The highest BCUT2D eigenvalue weighted by Gasteiger charge is 2.13. The van der Waals surface area contributed by atoms with E-state index in [1.165, 1.54) is 18.2 Å². The van der Waals surface area contributed by atoms with Crippen molar-refractivity contribution >= 4 is 34.8 Å². The van der Waals surface area contributed by atoms with Crippen LogP contribution in [0, 0.1) is 5.82 Å². The van der Waals surface area contributed by atoms with Crippen molar-refractivity contribution < 1.29 is 4.39 Å². The van der Waals surface area contributed by atoms with Crippen molar-refractivity contribution in [2.24, 2.45) is 5.73 Å². The first-order valence-corrected chi connectivity index (χ1v) is 7.23. The first kappa shape index (κ1) is 15.6. The Labute approximate surface area is 132 Å². The molecule has 0 aliphatic carbocycles. The van der Waals surface area contributed by atoms with Crippen LogP contribution in [-0.4, -0.2) is 6.04 Å². The summed E-state index contributed by atoms with van der Waals surface area (Å²) < 4.78 is 13.2. The number of hydrogen-bond acceptors (Lipinski definition) is 1. The van der Waals surface area contributed by atoms with E-state index in [0.29, 0.717) is 33.5 Å². The van der Waals surface area contributed by atoms with E-state index in [2.05, 4.69) is 0 Å². The summed E-state index contributed by atoms with van der Waals surface area (Å²) in [5.74, 6) is -0.327. The number of nitrogens with two attached hydrogens (primary N) is 1. The van der Waals surface area contributed by atoms with Crippen molar-refractivity contribution in [1.29, 1.82) is 0 Å². The van der Waals surface area contributed by atoms with E-state index in [4.69, 9.17) is 40.5 Å². The Bertz CT molecular complexity index is 596. The van der Waals surface area contributed by atoms with Gasteiger partial charge in [0.2, 0.25) is 0 Å². The molecule has 0 heterocycles. The minimum atomic E-state index is -0.327. The van der Waals surface area contributed by atoms with Gasteiger partial charge >= 0.3 is 0 Å². The molecule has 0 aliphatic rings. The number of halogens is 4. The van der Waals surface area contributed by atoms with Crippen molar-refractivity contribution in [3.8, 4) is 0 Å². The third kappa shape index (κ3) is 3.86. The van der Waals surface area contributed by atoms with Crippen molar-refractivity contribution in [3.05, 3.63) is 68.4 Å². The molecule has 0 aromatic heterocycles. The van der Waals surface area contributed by atoms with Gasteiger partial charge in [0, 0.05) is 21.1 Å². The maximum atomic E-state index is 13.2. The van der Waals surface area contributed by atoms with Gasteiger partial charge in [-0.2, -0.15) is 0 Å². The average Bonchev–Trinajstić information content (AvgIpc) is 2.38. The first-order chi connectivity index (χ1) is 9.47. The smallest absolute Gasteiger partial charge is 0.123 e. The van der Waals surface area contributed by atoms with Gasteiger partial charge < -0.3 is 5.73 Å². The van der Waals surface area contributed by atoms with Gasteiger partial charge in [0.05, 0.1) is 0 Å². The van der Waals surface area contributed by atoms with Gasteiger partial charge in [0.15, 0.2) is 0 Å². The summed E-state index contributed by atoms with van der Waals surface area (Å²) in [5, 5.41) is 1.67. The summed E-state index contributed by atoms with van der Waals surface area (Å²) >= 11 is 18.2. The summed E-state index contributed by atoms with van der Waals surface area (Å²) in [4.78, 5) is 0. The SMILES string of the molecule is NC(Cc1cc(F)ccc1Cl)Cc1c(Cl)cccc1Cl. The predicted molar refractivity (Wildman–Crippen MR) is 83.3 cm³/mol. The molecule has 1 unspecified atom stereocenters. The minimum absolute atomic E-state index is 0.244. The van der Waals surface area contributed by atoms with Crippen LogP contribution in [0.15, 0.2) is 36.4 Å². The lowest BCUT2D eigenvalue weighted by Gasteiger charge is -2.15. The Kier molecular flexibility index (Phi) is 5.28. The van der Waals surface area contributed by atoms with Gasteiger partial charge in [-0.15, -0.1) is 0 Å². The summed E-state index contributed by atoms with van der Waals surface area (Å²) in [5.41, 5.74) is 7.58. The van der Waals surface area contributed by atoms with Crippen LogP contribution in [0.5, 0.6) is 0 Å². The third-order valence-electron chi connectivity index (χ3n) is 3.02. The number of benzene rings is 2. The van der Waals surface area contributed by atoms with E-state index in [1.807, 2.05) is 0 Å². The van der Waals surface area contributed by atoms with Crippen LogP contribution in [-0.2, 0) is 12.8 Å². The molecule has 1 nitrogen and oxygen atoms in total. The fourth-order valence-electron chi connectivity index (χ4n) is 2.04. The van der Waals surface area contributed by atoms with E-state index in [0.717, 1.165) is 5.56 Å². The van der Waals surface area contributed by atoms with E-state index in [1.54, 1.807) is 18.2 Å². The van der Waals surface area contributed by atoms with Gasteiger partial charge in [-0.25, -0.2) is 4.39 Å². The summed E-state index contributed by atoms with van der Waals surface area (Å²) in [6, 6.07) is 9.32. The van der Waals surface area contributed by atoms with E-state index in [9.17, 15) is 4.39 Å². The lowest BCUT2D eigenvalue weighted by Crippen LogP contribution is -2.26. The molecule has 1 atom stereocenters. The van der Waals surface area contributed by atoms with Crippen LogP contribution >= 0.6 is 34.8 Å². The van der Waals surface area contributed by atoms with Gasteiger partial charge in [0.1, 0.15) is 5.82 Å². The van der Waals surface area contributed by atoms with Crippen molar-refractivity contribution in [3.63, 3.8) is 0 Å². The standard InChI is InChI=1S/C15H13Cl3FN/c16-13-5-4-10(19)6-9(13)7-11(20)8-12-14(17)2-1-3-15(12)18/h1-6,11H,7-8,20H2. The summed E-state index contributed by atoms with van der Waals surface area (Å²) in [7, 11) is 0. The number of hydrogen-bond donors (Lipinski definition) is 1. The molecule has 2 aromatic rings. The highest BCUT2D eigenvalue weighted by atomic mass is 35.5. The topological polar surface area (TPSA) is 26.0 Å². The van der Waals surface area contributed by atoms with Gasteiger partial charge in [-0.05, 0) is 54.3 Å². The lowest BCUT2D eigenvalue weighted by atomic mass is 9.99. The van der Waals surface area contributed by atoms with E-state index < -0.39 is 0 Å². The zero-order chi connectivity index (χ0) is 14.7. The fourth-order valence-corrected chi connectivity index (χ4v) is 2.79. The summed E-state index contributed by atoms with van der Waals surface area (Å²) in [6.07, 6.45) is 0.962. The predicted octanol–water partition coefficient (Wildman–Crippen LogP) is 4.90. The Morgan fingerprint density at radius 1 is 0.950 bits per heavy atom. The van der Waals surface area contributed by atoms with Crippen molar-refractivity contribution in [2.75, 3.05) is 0 Å². The zero-order valence-corrected chi connectivity index (χ0v) is 12.8. The number of rotatable bonds is 4. The fraction of sp³-hybridized carbons (Fsp3) is 0.200. The first-order valence-electron chi connectivity index (χ1n) is 6.09. The molecule has 0 spiro atoms. The van der Waals surface area contributed by atoms with Crippen LogP contribution in [0.25, 0.3) is 0 Å². The maximum Gasteiger partial charge on any atom is 0.123 e. The quantitative estimate of drug-likeness (QED) is 0.847. The van der Waals surface area contributed by atoms with Crippen LogP contribution in [0.2, 0.25) is 15.1 Å². The van der Waals surface area contributed by atoms with Crippen LogP contribution in [0.1, 0.15) is 11.1 Å². The minimum Gasteiger partial charge on any atom is -0.327 e. The second-order valence-corrected chi connectivity index (χ2v) is 5.83. The van der Waals surface area contributed by atoms with Crippen molar-refractivity contribution in [1.82, 2.24) is 0 Å². The second kappa shape index (κ2) is 6.77. The molecule has 5 heteroatoms. The summed E-state index contributed by atoms with van der Waals surface area (Å²) in [6.45, 7) is 0. The van der Waals surface area contributed by atoms with Gasteiger partial charge in [-0.3, -0.25) is 0 Å². The molecule has 106 valence electrons. The van der Waals surface area contributed by atoms with Gasteiger partial charge in [-0.1, -0.05) is 40.9 Å². The van der Waals surface area contributed by atoms with Crippen LogP contribution in [0.4, 0.5) is 4.39 Å². The Balaban J connectivity index is 2.13. The molecule has 2 rings (SSSR count). The molecule has 2 N–H and O–H groups in total. The Hall–Kier alpha value is -0.800. The van der Waals surface area contributed by atoms with E-state index >= 15 is 0 Å². The molecule has 0 bridgehead atoms. The molecular weight excluding hydrogens is 320 g/mol. The van der Waals surface area contributed by atoms with E-state index in [-0.39, 0.29) is 11.9 Å². The normalized spacial score (nSPS) is 12.4. The lowest BCUT2D eigenvalue weighted by molar-refractivity contribution is 0.618. The molecule has 0 radical (unpaired) electrons. The van der Waals surface area contributed by atoms with Crippen molar-refractivity contribution in [2.45, 2.75) is 18.9 Å². The van der Waals surface area contributed by atoms with Crippen LogP contribution < -0.4 is 5.73 Å². The Morgan fingerprint density at radius 3 is 2.25 bits per heavy atom. The molecule has 0 fully saturated rings. The highest BCUT2D eigenvalue weighted by molar-refractivity contribution is 6.36. The molecule has 0 saturated carbocycles. The molecule has 20 heavy (non-hydrogen) atoms. The van der Waals surface area contributed by atoms with Crippen LogP contribution in [0.3, 0.4) is 0 Å². The average molecular weight is 333 g/mol.